The van der Waals surface area contributed by atoms with Gasteiger partial charge in [0.1, 0.15) is 6.07 Å². The molecule has 0 bridgehead atoms. The number of benzene rings is 7. The first kappa shape index (κ1) is 30.7. The monoisotopic (exact) mass is 663 g/mol. The highest BCUT2D eigenvalue weighted by molar-refractivity contribution is 5.95. The summed E-state index contributed by atoms with van der Waals surface area (Å²) in [5.74, 6) is 1.31. The van der Waals surface area contributed by atoms with Gasteiger partial charge in [0.05, 0.1) is 28.0 Å². The third-order valence-electron chi connectivity index (χ3n) is 9.39. The van der Waals surface area contributed by atoms with Crippen molar-refractivity contribution in [1.29, 1.82) is 5.26 Å². The predicted octanol–water partition coefficient (Wildman–Crippen LogP) is 11.4. The molecule has 0 radical (unpaired) electrons. The Balaban J connectivity index is 1.05. The lowest BCUT2D eigenvalue weighted by Crippen LogP contribution is -1.96. The number of hydrogen-bond acceptors (Lipinski definition) is 5. The first-order valence-corrected chi connectivity index (χ1v) is 17.1. The minimum atomic E-state index is 0.615. The van der Waals surface area contributed by atoms with E-state index in [4.69, 9.17) is 19.9 Å². The Bertz CT molecular complexity index is 2590. The summed E-state index contributed by atoms with van der Waals surface area (Å²) in [6.45, 7) is 0. The van der Waals surface area contributed by atoms with Crippen LogP contribution in [0.4, 0.5) is 0 Å². The number of nitrogens with zero attached hydrogens (tertiary/aromatic N) is 5. The smallest absolute Gasteiger partial charge is 0.160 e. The lowest BCUT2D eigenvalue weighted by molar-refractivity contribution is 1.23. The summed E-state index contributed by atoms with van der Waals surface area (Å²) in [5.41, 5.74) is 11.7. The van der Waals surface area contributed by atoms with Gasteiger partial charge in [-0.2, -0.15) is 5.26 Å². The van der Waals surface area contributed by atoms with E-state index in [1.54, 1.807) is 0 Å². The van der Waals surface area contributed by atoms with Crippen LogP contribution in [0.5, 0.6) is 0 Å². The first-order chi connectivity index (χ1) is 25.7. The van der Waals surface area contributed by atoms with Gasteiger partial charge in [-0.25, -0.2) is 19.9 Å². The van der Waals surface area contributed by atoms with Gasteiger partial charge in [-0.3, -0.25) is 0 Å². The Morgan fingerprint density at radius 2 is 0.712 bits per heavy atom. The number of para-hydroxylation sites is 2. The molecule has 9 rings (SSSR count). The van der Waals surface area contributed by atoms with Crippen LogP contribution in [0.1, 0.15) is 5.56 Å². The van der Waals surface area contributed by atoms with E-state index in [1.165, 1.54) is 0 Å². The Morgan fingerprint density at radius 1 is 0.327 bits per heavy atom. The standard InChI is InChI=1S/C47H29N5/c48-30-41-37(31-22-26-35(27-23-31)46-49-42-20-9-7-16-39(42)44(51-46)33-12-3-1-4-13-33)18-11-19-38(41)32-24-28-36(29-25-32)47-50-43-21-10-8-17-40(43)45(52-47)34-14-5-2-6-15-34/h1-29H. The van der Waals surface area contributed by atoms with Crippen molar-refractivity contribution < 1.29 is 0 Å². The summed E-state index contributed by atoms with van der Waals surface area (Å²) >= 11 is 0. The van der Waals surface area contributed by atoms with Crippen molar-refractivity contribution in [3.63, 3.8) is 0 Å². The van der Waals surface area contributed by atoms with E-state index in [-0.39, 0.29) is 0 Å². The van der Waals surface area contributed by atoms with Crippen LogP contribution in [0, 0.1) is 11.3 Å². The Labute approximate surface area is 301 Å². The highest BCUT2D eigenvalue weighted by Gasteiger charge is 2.16. The second-order valence-corrected chi connectivity index (χ2v) is 12.6. The summed E-state index contributed by atoms with van der Waals surface area (Å²) in [4.78, 5) is 19.9. The van der Waals surface area contributed by atoms with Gasteiger partial charge in [0, 0.05) is 44.2 Å². The molecule has 0 fully saturated rings. The topological polar surface area (TPSA) is 75.3 Å². The quantitative estimate of drug-likeness (QED) is 0.177. The van der Waals surface area contributed by atoms with Crippen LogP contribution in [-0.4, -0.2) is 19.9 Å². The molecule has 0 aliphatic carbocycles. The van der Waals surface area contributed by atoms with Crippen LogP contribution in [-0.2, 0) is 0 Å². The van der Waals surface area contributed by atoms with Crippen molar-refractivity contribution in [2.75, 3.05) is 0 Å². The van der Waals surface area contributed by atoms with E-state index in [0.29, 0.717) is 17.2 Å². The molecule has 0 unspecified atom stereocenters. The molecule has 5 heteroatoms. The third kappa shape index (κ3) is 5.65. The first-order valence-electron chi connectivity index (χ1n) is 17.1. The van der Waals surface area contributed by atoms with E-state index in [1.807, 2.05) is 140 Å². The number of nitriles is 1. The minimum Gasteiger partial charge on any atom is -0.228 e. The molecule has 0 saturated heterocycles. The Morgan fingerprint density at radius 3 is 1.13 bits per heavy atom. The van der Waals surface area contributed by atoms with E-state index < -0.39 is 0 Å². The molecule has 242 valence electrons. The zero-order valence-electron chi connectivity index (χ0n) is 28.0. The molecule has 2 heterocycles. The van der Waals surface area contributed by atoms with E-state index >= 15 is 0 Å². The molecule has 0 atom stereocenters. The summed E-state index contributed by atoms with van der Waals surface area (Å²) in [5, 5.41) is 12.5. The average molecular weight is 664 g/mol. The molecule has 0 spiro atoms. The molecule has 0 amide bonds. The average Bonchev–Trinajstić information content (AvgIpc) is 3.23. The zero-order chi connectivity index (χ0) is 34.9. The lowest BCUT2D eigenvalue weighted by atomic mass is 9.91. The molecule has 2 aromatic heterocycles. The minimum absolute atomic E-state index is 0.615. The molecule has 0 N–H and O–H groups in total. The van der Waals surface area contributed by atoms with Gasteiger partial charge >= 0.3 is 0 Å². The van der Waals surface area contributed by atoms with Crippen molar-refractivity contribution in [3.05, 3.63) is 181 Å². The number of rotatable bonds is 6. The van der Waals surface area contributed by atoms with E-state index in [2.05, 4.69) is 42.5 Å². The van der Waals surface area contributed by atoms with Crippen molar-refractivity contribution in [1.82, 2.24) is 19.9 Å². The second-order valence-electron chi connectivity index (χ2n) is 12.6. The maximum atomic E-state index is 10.5. The molecule has 0 saturated carbocycles. The van der Waals surface area contributed by atoms with Gasteiger partial charge < -0.3 is 0 Å². The maximum Gasteiger partial charge on any atom is 0.160 e. The van der Waals surface area contributed by atoms with Gasteiger partial charge in [-0.05, 0) is 23.3 Å². The Hall–Kier alpha value is -7.29. The number of hydrogen-bond donors (Lipinski definition) is 0. The Kier molecular flexibility index (Phi) is 7.81. The molecule has 9 aromatic rings. The SMILES string of the molecule is N#Cc1c(-c2ccc(-c3nc(-c4ccccc4)c4ccccc4n3)cc2)cccc1-c1ccc(-c2nc(-c3ccccc3)c3ccccc3n2)cc1. The van der Waals surface area contributed by atoms with E-state index in [9.17, 15) is 5.26 Å². The van der Waals surface area contributed by atoms with Gasteiger partial charge in [0.15, 0.2) is 11.6 Å². The van der Waals surface area contributed by atoms with Crippen molar-refractivity contribution in [3.8, 4) is 73.6 Å². The summed E-state index contributed by atoms with van der Waals surface area (Å²) in [7, 11) is 0. The van der Waals surface area contributed by atoms with Crippen LogP contribution in [0.15, 0.2) is 176 Å². The molecule has 0 aliphatic rings. The van der Waals surface area contributed by atoms with Gasteiger partial charge in [0.2, 0.25) is 0 Å². The highest BCUT2D eigenvalue weighted by Crippen LogP contribution is 2.35. The third-order valence-corrected chi connectivity index (χ3v) is 9.39. The van der Waals surface area contributed by atoms with Crippen molar-refractivity contribution in [2.45, 2.75) is 0 Å². The fourth-order valence-electron chi connectivity index (χ4n) is 6.80. The zero-order valence-corrected chi connectivity index (χ0v) is 28.0. The van der Waals surface area contributed by atoms with Gasteiger partial charge in [-0.1, -0.05) is 164 Å². The van der Waals surface area contributed by atoms with Crippen molar-refractivity contribution >= 4 is 21.8 Å². The summed E-state index contributed by atoms with van der Waals surface area (Å²) < 4.78 is 0. The second kappa shape index (κ2) is 13.2. The fourth-order valence-corrected chi connectivity index (χ4v) is 6.80. The van der Waals surface area contributed by atoms with Gasteiger partial charge in [0.25, 0.3) is 0 Å². The highest BCUT2D eigenvalue weighted by atomic mass is 14.9. The van der Waals surface area contributed by atoms with Crippen LogP contribution in [0.25, 0.3) is 89.4 Å². The van der Waals surface area contributed by atoms with Gasteiger partial charge in [-0.15, -0.1) is 0 Å². The molecular formula is C47H29N5. The number of aromatic nitrogens is 4. The maximum absolute atomic E-state index is 10.5. The fraction of sp³-hybridized carbons (Fsp3) is 0. The lowest BCUT2D eigenvalue weighted by Gasteiger charge is -2.12. The van der Waals surface area contributed by atoms with Crippen LogP contribution >= 0.6 is 0 Å². The summed E-state index contributed by atoms with van der Waals surface area (Å²) in [6.07, 6.45) is 0. The molecule has 7 aromatic carbocycles. The van der Waals surface area contributed by atoms with Crippen LogP contribution in [0.3, 0.4) is 0 Å². The van der Waals surface area contributed by atoms with Crippen molar-refractivity contribution in [2.24, 2.45) is 0 Å². The van der Waals surface area contributed by atoms with E-state index in [0.717, 1.165) is 77.7 Å². The summed E-state index contributed by atoms with van der Waals surface area (Å²) in [6, 6.07) is 61.4. The number of fused-ring (bicyclic) bond motifs is 2. The molecule has 52 heavy (non-hydrogen) atoms. The normalized spacial score (nSPS) is 11.1. The van der Waals surface area contributed by atoms with Crippen LogP contribution < -0.4 is 0 Å². The van der Waals surface area contributed by atoms with Crippen LogP contribution in [0.2, 0.25) is 0 Å². The largest absolute Gasteiger partial charge is 0.228 e. The molecular weight excluding hydrogens is 635 g/mol. The predicted molar refractivity (Wildman–Crippen MR) is 210 cm³/mol. The molecule has 0 aliphatic heterocycles. The molecule has 5 nitrogen and oxygen atoms in total.